The monoisotopic (exact) mass is 260 g/mol. The summed E-state index contributed by atoms with van der Waals surface area (Å²) in [6.07, 6.45) is 1.99. The summed E-state index contributed by atoms with van der Waals surface area (Å²) < 4.78 is 10.2. The lowest BCUT2D eigenvalue weighted by molar-refractivity contribution is -0.104. The number of carbonyl (C=O) groups is 1. The topological polar surface area (TPSA) is 35.5 Å². The van der Waals surface area contributed by atoms with Crippen LogP contribution in [0.2, 0.25) is 5.02 Å². The Balaban J connectivity index is 3.29. The van der Waals surface area contributed by atoms with E-state index in [0.29, 0.717) is 28.4 Å². The molecule has 0 unspecified atom stereocenters. The summed E-state index contributed by atoms with van der Waals surface area (Å²) in [5, 5.41) is 0.413. The molecule has 0 saturated heterocycles. The van der Waals surface area contributed by atoms with E-state index in [-0.39, 0.29) is 5.03 Å². The SMILES string of the molecule is COc1ccc(C=C(Cl)C=O)c(Cl)c1OC. The lowest BCUT2D eigenvalue weighted by Crippen LogP contribution is -1.92. The van der Waals surface area contributed by atoms with Crippen molar-refractivity contribution in [1.82, 2.24) is 0 Å². The maximum absolute atomic E-state index is 10.4. The lowest BCUT2D eigenvalue weighted by atomic mass is 10.2. The number of carbonyl (C=O) groups excluding carboxylic acids is 1. The Labute approximate surface area is 104 Å². The average molecular weight is 261 g/mol. The van der Waals surface area contributed by atoms with Crippen molar-refractivity contribution >= 4 is 35.6 Å². The summed E-state index contributed by atoms with van der Waals surface area (Å²) in [6.45, 7) is 0. The summed E-state index contributed by atoms with van der Waals surface area (Å²) in [6, 6.07) is 3.38. The molecule has 86 valence electrons. The number of methoxy groups -OCH3 is 2. The molecule has 1 aromatic carbocycles. The van der Waals surface area contributed by atoms with Gasteiger partial charge in [0.2, 0.25) is 0 Å². The van der Waals surface area contributed by atoms with Crippen molar-refractivity contribution in [3.63, 3.8) is 0 Å². The van der Waals surface area contributed by atoms with Crippen LogP contribution in [0.4, 0.5) is 0 Å². The molecule has 0 atom stereocenters. The quantitative estimate of drug-likeness (QED) is 0.617. The molecule has 1 aromatic rings. The van der Waals surface area contributed by atoms with Gasteiger partial charge < -0.3 is 9.47 Å². The molecule has 1 rings (SSSR count). The third kappa shape index (κ3) is 2.68. The van der Waals surface area contributed by atoms with E-state index < -0.39 is 0 Å². The van der Waals surface area contributed by atoms with Crippen molar-refractivity contribution in [3.05, 3.63) is 27.8 Å². The van der Waals surface area contributed by atoms with Crippen molar-refractivity contribution in [1.29, 1.82) is 0 Å². The van der Waals surface area contributed by atoms with E-state index in [9.17, 15) is 4.79 Å². The number of ether oxygens (including phenoxy) is 2. The van der Waals surface area contributed by atoms with Gasteiger partial charge >= 0.3 is 0 Å². The zero-order valence-electron chi connectivity index (χ0n) is 8.79. The Hall–Kier alpha value is -1.19. The minimum Gasteiger partial charge on any atom is -0.493 e. The first kappa shape index (κ1) is 12.9. The zero-order valence-corrected chi connectivity index (χ0v) is 10.3. The Kier molecular flexibility index (Phi) is 4.65. The van der Waals surface area contributed by atoms with Gasteiger partial charge in [-0.05, 0) is 23.8 Å². The van der Waals surface area contributed by atoms with E-state index in [2.05, 4.69) is 0 Å². The second-order valence-corrected chi connectivity index (χ2v) is 3.67. The smallest absolute Gasteiger partial charge is 0.179 e. The molecular weight excluding hydrogens is 251 g/mol. The van der Waals surface area contributed by atoms with E-state index in [4.69, 9.17) is 32.7 Å². The van der Waals surface area contributed by atoms with Crippen molar-refractivity contribution in [3.8, 4) is 11.5 Å². The van der Waals surface area contributed by atoms with Crippen molar-refractivity contribution in [2.24, 2.45) is 0 Å². The lowest BCUT2D eigenvalue weighted by Gasteiger charge is -2.10. The second-order valence-electron chi connectivity index (χ2n) is 2.85. The maximum Gasteiger partial charge on any atom is 0.179 e. The van der Waals surface area contributed by atoms with Crippen LogP contribution >= 0.6 is 23.2 Å². The van der Waals surface area contributed by atoms with Crippen LogP contribution < -0.4 is 9.47 Å². The van der Waals surface area contributed by atoms with Gasteiger partial charge in [-0.2, -0.15) is 0 Å². The number of hydrogen-bond donors (Lipinski definition) is 0. The summed E-state index contributed by atoms with van der Waals surface area (Å²) in [5.74, 6) is 0.931. The van der Waals surface area contributed by atoms with Gasteiger partial charge in [-0.25, -0.2) is 0 Å². The highest BCUT2D eigenvalue weighted by Crippen LogP contribution is 2.38. The summed E-state index contributed by atoms with van der Waals surface area (Å²) >= 11 is 11.7. The molecule has 0 spiro atoms. The molecule has 0 aromatic heterocycles. The molecule has 0 aliphatic carbocycles. The first-order chi connectivity index (χ1) is 7.63. The molecule has 0 bridgehead atoms. The zero-order chi connectivity index (χ0) is 12.1. The minimum absolute atomic E-state index is 0.0640. The van der Waals surface area contributed by atoms with Gasteiger partial charge in [0.05, 0.1) is 24.3 Å². The van der Waals surface area contributed by atoms with Crippen LogP contribution in [0.3, 0.4) is 0 Å². The van der Waals surface area contributed by atoms with Crippen molar-refractivity contribution in [2.75, 3.05) is 14.2 Å². The molecule has 0 aliphatic heterocycles. The van der Waals surface area contributed by atoms with Gasteiger partial charge in [0.15, 0.2) is 17.8 Å². The number of halogens is 2. The average Bonchev–Trinajstić information content (AvgIpc) is 2.31. The van der Waals surface area contributed by atoms with Gasteiger partial charge in [0, 0.05) is 0 Å². The normalized spacial score (nSPS) is 11.1. The molecule has 0 N–H and O–H groups in total. The van der Waals surface area contributed by atoms with Crippen LogP contribution in [-0.4, -0.2) is 20.5 Å². The molecule has 0 saturated carbocycles. The van der Waals surface area contributed by atoms with E-state index >= 15 is 0 Å². The van der Waals surface area contributed by atoms with E-state index in [0.717, 1.165) is 0 Å². The third-order valence-electron chi connectivity index (χ3n) is 1.92. The van der Waals surface area contributed by atoms with Gasteiger partial charge in [-0.3, -0.25) is 4.79 Å². The number of hydrogen-bond acceptors (Lipinski definition) is 3. The Morgan fingerprint density at radius 3 is 2.50 bits per heavy atom. The predicted molar refractivity (Wildman–Crippen MR) is 64.5 cm³/mol. The molecule has 3 nitrogen and oxygen atoms in total. The van der Waals surface area contributed by atoms with Crippen LogP contribution in [0.5, 0.6) is 11.5 Å². The fourth-order valence-corrected chi connectivity index (χ4v) is 1.60. The first-order valence-electron chi connectivity index (χ1n) is 4.37. The van der Waals surface area contributed by atoms with Crippen molar-refractivity contribution in [2.45, 2.75) is 0 Å². The van der Waals surface area contributed by atoms with Crippen LogP contribution in [0.25, 0.3) is 6.08 Å². The summed E-state index contributed by atoms with van der Waals surface area (Å²) in [5.41, 5.74) is 0.594. The number of benzene rings is 1. The van der Waals surface area contributed by atoms with E-state index in [1.807, 2.05) is 0 Å². The molecule has 0 heterocycles. The fourth-order valence-electron chi connectivity index (χ4n) is 1.20. The highest BCUT2D eigenvalue weighted by Gasteiger charge is 2.11. The fraction of sp³-hybridized carbons (Fsp3) is 0.182. The van der Waals surface area contributed by atoms with Crippen LogP contribution in [-0.2, 0) is 4.79 Å². The number of allylic oxidation sites excluding steroid dienone is 1. The molecule has 0 amide bonds. The third-order valence-corrected chi connectivity index (χ3v) is 2.51. The van der Waals surface area contributed by atoms with Gasteiger partial charge in [0.1, 0.15) is 0 Å². The molecule has 0 aliphatic rings. The summed E-state index contributed by atoms with van der Waals surface area (Å²) in [4.78, 5) is 10.4. The van der Waals surface area contributed by atoms with E-state index in [1.165, 1.54) is 20.3 Å². The van der Waals surface area contributed by atoms with Gasteiger partial charge in [-0.1, -0.05) is 23.2 Å². The Bertz CT molecular complexity index is 427. The minimum atomic E-state index is 0.0640. The van der Waals surface area contributed by atoms with Crippen LogP contribution in [0, 0.1) is 0 Å². The first-order valence-corrected chi connectivity index (χ1v) is 5.12. The maximum atomic E-state index is 10.4. The molecule has 0 fully saturated rings. The standard InChI is InChI=1S/C11H10Cl2O3/c1-15-9-4-3-7(5-8(12)6-14)10(13)11(9)16-2/h3-6H,1-2H3. The van der Waals surface area contributed by atoms with Gasteiger partial charge in [0.25, 0.3) is 0 Å². The highest BCUT2D eigenvalue weighted by atomic mass is 35.5. The highest BCUT2D eigenvalue weighted by molar-refractivity contribution is 6.41. The second kappa shape index (κ2) is 5.77. The predicted octanol–water partition coefficient (Wildman–Crippen LogP) is 3.14. The number of rotatable bonds is 4. The Morgan fingerprint density at radius 2 is 2.00 bits per heavy atom. The Morgan fingerprint density at radius 1 is 1.31 bits per heavy atom. The molecule has 0 radical (unpaired) electrons. The van der Waals surface area contributed by atoms with Crippen LogP contribution in [0.1, 0.15) is 5.56 Å². The molecular formula is C11H10Cl2O3. The molecule has 5 heteroatoms. The van der Waals surface area contributed by atoms with Gasteiger partial charge in [-0.15, -0.1) is 0 Å². The summed E-state index contributed by atoms with van der Waals surface area (Å²) in [7, 11) is 3.00. The van der Waals surface area contributed by atoms with Crippen molar-refractivity contribution < 1.29 is 14.3 Å². The number of aldehydes is 1. The largest absolute Gasteiger partial charge is 0.493 e. The van der Waals surface area contributed by atoms with E-state index in [1.54, 1.807) is 12.1 Å². The molecule has 16 heavy (non-hydrogen) atoms. The van der Waals surface area contributed by atoms with Crippen LogP contribution in [0.15, 0.2) is 17.2 Å².